The Bertz CT molecular complexity index is 204. The summed E-state index contributed by atoms with van der Waals surface area (Å²) in [6, 6.07) is 0. The number of hydrogen-bond donors (Lipinski definition) is 3. The number of ether oxygens (including phenoxy) is 1. The van der Waals surface area contributed by atoms with Gasteiger partial charge in [-0.25, -0.2) is 4.79 Å². The van der Waals surface area contributed by atoms with Crippen LogP contribution in [0.3, 0.4) is 0 Å². The number of carboxylic acid groups (broad SMARTS) is 1. The molecule has 15 heavy (non-hydrogen) atoms. The molecule has 0 aliphatic heterocycles. The van der Waals surface area contributed by atoms with Crippen molar-refractivity contribution in [1.82, 2.24) is 5.32 Å². The van der Waals surface area contributed by atoms with Crippen LogP contribution in [0.1, 0.15) is 13.3 Å². The van der Waals surface area contributed by atoms with Crippen molar-refractivity contribution in [2.75, 3.05) is 26.3 Å². The third kappa shape index (κ3) is 7.07. The molecule has 0 fully saturated rings. The van der Waals surface area contributed by atoms with Crippen molar-refractivity contribution < 1.29 is 19.7 Å². The maximum absolute atomic E-state index is 10.5. The number of hydrogen-bond acceptors (Lipinski definition) is 4. The smallest absolute Gasteiger partial charge is 0.336 e. The van der Waals surface area contributed by atoms with Crippen LogP contribution in [0, 0.1) is 0 Å². The maximum Gasteiger partial charge on any atom is 0.336 e. The highest BCUT2D eigenvalue weighted by Crippen LogP contribution is 2.00. The molecule has 0 bridgehead atoms. The molecule has 0 radical (unpaired) electrons. The van der Waals surface area contributed by atoms with E-state index in [0.29, 0.717) is 19.8 Å². The van der Waals surface area contributed by atoms with Gasteiger partial charge in [0.1, 0.15) is 0 Å². The lowest BCUT2D eigenvalue weighted by molar-refractivity contribution is -0.156. The van der Waals surface area contributed by atoms with E-state index in [2.05, 4.69) is 11.9 Å². The van der Waals surface area contributed by atoms with Gasteiger partial charge in [-0.05, 0) is 13.3 Å². The molecule has 0 saturated carbocycles. The summed E-state index contributed by atoms with van der Waals surface area (Å²) >= 11 is 0. The Labute approximate surface area is 89.7 Å². The minimum absolute atomic E-state index is 0.00709. The summed E-state index contributed by atoms with van der Waals surface area (Å²) in [7, 11) is 0. The molecule has 0 rings (SSSR count). The number of carbonyl (C=O) groups is 1. The van der Waals surface area contributed by atoms with Gasteiger partial charge in [-0.2, -0.15) is 0 Å². The lowest BCUT2D eigenvalue weighted by atomic mass is 10.1. The fraction of sp³-hybridized carbons (Fsp3) is 0.700. The van der Waals surface area contributed by atoms with Crippen molar-refractivity contribution in [1.29, 1.82) is 0 Å². The first-order valence-electron chi connectivity index (χ1n) is 4.86. The molecule has 3 N–H and O–H groups in total. The number of rotatable bonds is 9. The zero-order chi connectivity index (χ0) is 11.7. The van der Waals surface area contributed by atoms with Crippen molar-refractivity contribution in [2.45, 2.75) is 18.9 Å². The number of aliphatic hydroxyl groups is 1. The molecule has 0 aliphatic rings. The predicted molar refractivity (Wildman–Crippen MR) is 56.8 cm³/mol. The minimum Gasteiger partial charge on any atom is -0.479 e. The summed E-state index contributed by atoms with van der Waals surface area (Å²) in [4.78, 5) is 10.5. The molecule has 5 nitrogen and oxygen atoms in total. The van der Waals surface area contributed by atoms with Gasteiger partial charge in [0.05, 0.1) is 13.2 Å². The van der Waals surface area contributed by atoms with Crippen LogP contribution in [0.4, 0.5) is 0 Å². The molecule has 0 aliphatic carbocycles. The normalized spacial score (nSPS) is 14.5. The van der Waals surface area contributed by atoms with E-state index in [9.17, 15) is 9.90 Å². The highest BCUT2D eigenvalue weighted by Gasteiger charge is 2.28. The third-order valence-electron chi connectivity index (χ3n) is 1.82. The molecule has 0 spiro atoms. The van der Waals surface area contributed by atoms with Crippen LogP contribution in [0.25, 0.3) is 0 Å². The van der Waals surface area contributed by atoms with Gasteiger partial charge in [0, 0.05) is 13.1 Å². The zero-order valence-electron chi connectivity index (χ0n) is 9.03. The van der Waals surface area contributed by atoms with Gasteiger partial charge in [-0.3, -0.25) is 0 Å². The van der Waals surface area contributed by atoms with Crippen LogP contribution in [0.15, 0.2) is 12.7 Å². The van der Waals surface area contributed by atoms with Crippen molar-refractivity contribution in [3.05, 3.63) is 12.7 Å². The predicted octanol–water partition coefficient (Wildman–Crippen LogP) is 0.00430. The van der Waals surface area contributed by atoms with Gasteiger partial charge >= 0.3 is 5.97 Å². The van der Waals surface area contributed by atoms with E-state index in [1.54, 1.807) is 6.08 Å². The van der Waals surface area contributed by atoms with Gasteiger partial charge in [0.2, 0.25) is 0 Å². The quantitative estimate of drug-likeness (QED) is 0.374. The highest BCUT2D eigenvalue weighted by atomic mass is 16.5. The number of aliphatic carboxylic acids is 1. The lowest BCUT2D eigenvalue weighted by Gasteiger charge is -2.18. The van der Waals surface area contributed by atoms with Gasteiger partial charge in [-0.1, -0.05) is 6.08 Å². The van der Waals surface area contributed by atoms with E-state index in [0.717, 1.165) is 6.42 Å². The summed E-state index contributed by atoms with van der Waals surface area (Å²) in [5, 5.41) is 20.7. The van der Waals surface area contributed by atoms with E-state index < -0.39 is 11.6 Å². The Hall–Kier alpha value is -0.910. The Morgan fingerprint density at radius 2 is 2.27 bits per heavy atom. The fourth-order valence-corrected chi connectivity index (χ4v) is 0.820. The largest absolute Gasteiger partial charge is 0.479 e. The minimum atomic E-state index is -1.72. The molecular weight excluding hydrogens is 198 g/mol. The van der Waals surface area contributed by atoms with Crippen molar-refractivity contribution >= 4 is 5.97 Å². The van der Waals surface area contributed by atoms with Crippen LogP contribution in [-0.4, -0.2) is 48.1 Å². The Balaban J connectivity index is 3.38. The monoisotopic (exact) mass is 217 g/mol. The summed E-state index contributed by atoms with van der Waals surface area (Å²) in [5.41, 5.74) is -1.72. The first-order chi connectivity index (χ1) is 7.00. The van der Waals surface area contributed by atoms with E-state index in [4.69, 9.17) is 9.84 Å². The Morgan fingerprint density at radius 3 is 2.80 bits per heavy atom. The van der Waals surface area contributed by atoms with Crippen LogP contribution >= 0.6 is 0 Å². The van der Waals surface area contributed by atoms with Crippen LogP contribution in [0.5, 0.6) is 0 Å². The second-order valence-corrected chi connectivity index (χ2v) is 3.45. The first-order valence-corrected chi connectivity index (χ1v) is 4.86. The molecule has 0 heterocycles. The molecule has 5 heteroatoms. The number of carboxylic acids is 1. The van der Waals surface area contributed by atoms with Gasteiger partial charge < -0.3 is 20.3 Å². The van der Waals surface area contributed by atoms with Gasteiger partial charge in [0.25, 0.3) is 0 Å². The van der Waals surface area contributed by atoms with E-state index in [1.807, 2.05) is 0 Å². The zero-order valence-corrected chi connectivity index (χ0v) is 9.03. The molecule has 1 atom stereocenters. The average Bonchev–Trinajstić information content (AvgIpc) is 2.16. The molecule has 1 unspecified atom stereocenters. The Morgan fingerprint density at radius 1 is 1.60 bits per heavy atom. The van der Waals surface area contributed by atoms with Crippen molar-refractivity contribution in [3.8, 4) is 0 Å². The van der Waals surface area contributed by atoms with Crippen molar-refractivity contribution in [3.63, 3.8) is 0 Å². The fourth-order valence-electron chi connectivity index (χ4n) is 0.820. The second-order valence-electron chi connectivity index (χ2n) is 3.45. The molecule has 0 saturated heterocycles. The summed E-state index contributed by atoms with van der Waals surface area (Å²) < 4.78 is 5.19. The van der Waals surface area contributed by atoms with Crippen LogP contribution in [0.2, 0.25) is 0 Å². The number of nitrogens with one attached hydrogen (secondary N) is 1. The van der Waals surface area contributed by atoms with Gasteiger partial charge in [0.15, 0.2) is 5.60 Å². The van der Waals surface area contributed by atoms with Crippen LogP contribution < -0.4 is 5.32 Å². The van der Waals surface area contributed by atoms with Gasteiger partial charge in [-0.15, -0.1) is 6.58 Å². The van der Waals surface area contributed by atoms with Crippen molar-refractivity contribution in [2.24, 2.45) is 0 Å². The SMILES string of the molecule is C=CCCOCCNCC(C)(O)C(=O)O. The molecule has 88 valence electrons. The molecule has 0 aromatic heterocycles. The van der Waals surface area contributed by atoms with E-state index in [-0.39, 0.29) is 6.54 Å². The topological polar surface area (TPSA) is 78.8 Å². The van der Waals surface area contributed by atoms with Crippen LogP contribution in [-0.2, 0) is 9.53 Å². The maximum atomic E-state index is 10.5. The standard InChI is InChI=1S/C10H19NO4/c1-3-4-6-15-7-5-11-8-10(2,14)9(12)13/h3,11,14H,1,4-8H2,2H3,(H,12,13). The third-order valence-corrected chi connectivity index (χ3v) is 1.82. The first kappa shape index (κ1) is 14.1. The summed E-state index contributed by atoms with van der Waals surface area (Å²) in [6.07, 6.45) is 2.56. The lowest BCUT2D eigenvalue weighted by Crippen LogP contribution is -2.45. The summed E-state index contributed by atoms with van der Waals surface area (Å²) in [5.74, 6) is -1.23. The molecular formula is C10H19NO4. The molecule has 0 aromatic carbocycles. The second kappa shape index (κ2) is 7.39. The molecule has 0 aromatic rings. The average molecular weight is 217 g/mol. The Kier molecular flexibility index (Phi) is 6.94. The van der Waals surface area contributed by atoms with E-state index >= 15 is 0 Å². The summed E-state index contributed by atoms with van der Waals surface area (Å²) in [6.45, 7) is 6.43. The highest BCUT2D eigenvalue weighted by molar-refractivity contribution is 5.76. The van der Waals surface area contributed by atoms with E-state index in [1.165, 1.54) is 6.92 Å². The molecule has 0 amide bonds.